The summed E-state index contributed by atoms with van der Waals surface area (Å²) in [6, 6.07) is -0.621. The minimum Gasteiger partial charge on any atom is -0.444 e. The maximum absolute atomic E-state index is 11.4. The van der Waals surface area contributed by atoms with E-state index in [0.717, 1.165) is 0 Å². The summed E-state index contributed by atoms with van der Waals surface area (Å²) in [5.74, 6) is 0.299. The van der Waals surface area contributed by atoms with Crippen LogP contribution in [-0.4, -0.2) is 69.2 Å². The van der Waals surface area contributed by atoms with E-state index < -0.39 is 36.6 Å². The van der Waals surface area contributed by atoms with Gasteiger partial charge in [-0.1, -0.05) is 0 Å². The minimum atomic E-state index is -1.26. The van der Waals surface area contributed by atoms with E-state index in [9.17, 15) is 20.1 Å². The molecule has 2 heterocycles. The van der Waals surface area contributed by atoms with Crippen molar-refractivity contribution >= 4 is 17.7 Å². The van der Waals surface area contributed by atoms with Gasteiger partial charge >= 0.3 is 6.09 Å². The Morgan fingerprint density at radius 1 is 1.38 bits per heavy atom. The van der Waals surface area contributed by atoms with E-state index in [-0.39, 0.29) is 6.54 Å². The van der Waals surface area contributed by atoms with Crippen LogP contribution in [0.4, 0.5) is 4.79 Å². The molecule has 0 spiro atoms. The van der Waals surface area contributed by atoms with Crippen LogP contribution in [-0.2, 0) is 4.74 Å². The number of hydrogen-bond donors (Lipinski definition) is 3. The first-order valence-electron chi connectivity index (χ1n) is 5.13. The summed E-state index contributed by atoms with van der Waals surface area (Å²) < 4.78 is 5.04. The number of piperidine rings is 1. The first-order chi connectivity index (χ1) is 7.56. The number of carbonyl (C=O) groups is 1. The third kappa shape index (κ3) is 1.75. The molecule has 2 rings (SSSR count). The first kappa shape index (κ1) is 11.9. The Bertz CT molecular complexity index is 289. The zero-order valence-electron chi connectivity index (χ0n) is 8.49. The quantitative estimate of drug-likeness (QED) is 0.542. The molecule has 0 aromatic heterocycles. The number of nitrogens with zero attached hydrogens (tertiary/aromatic N) is 1. The molecule has 0 radical (unpaired) electrons. The van der Waals surface area contributed by atoms with Gasteiger partial charge in [0, 0.05) is 12.3 Å². The Kier molecular flexibility index (Phi) is 3.25. The molecule has 1 amide bonds. The second-order valence-electron chi connectivity index (χ2n) is 4.09. The molecule has 92 valence electrons. The van der Waals surface area contributed by atoms with E-state index in [4.69, 9.17) is 16.3 Å². The molecule has 0 aromatic carbocycles. The Morgan fingerprint density at radius 2 is 2.06 bits per heavy atom. The molecule has 5 atom stereocenters. The van der Waals surface area contributed by atoms with Gasteiger partial charge in [-0.2, -0.15) is 0 Å². The van der Waals surface area contributed by atoms with Gasteiger partial charge in [-0.05, 0) is 0 Å². The molecule has 2 aliphatic heterocycles. The predicted octanol–water partition coefficient (Wildman–Crippen LogP) is -1.10. The van der Waals surface area contributed by atoms with Crippen molar-refractivity contribution in [2.24, 2.45) is 0 Å². The van der Waals surface area contributed by atoms with Crippen LogP contribution in [0.2, 0.25) is 0 Å². The highest BCUT2D eigenvalue weighted by molar-refractivity contribution is 6.17. The standard InChI is InChI=1S/C9H14ClNO5/c10-2-1-5-6-8(14)7(13)4(12)3-11(6)9(15)16-5/h4-8,12-14H,1-3H2/t4-,5-,6+,7+,8+/m0/s1. The summed E-state index contributed by atoms with van der Waals surface area (Å²) in [7, 11) is 0. The lowest BCUT2D eigenvalue weighted by Gasteiger charge is -2.39. The summed E-state index contributed by atoms with van der Waals surface area (Å²) in [6.07, 6.45) is -4.30. The van der Waals surface area contributed by atoms with E-state index in [0.29, 0.717) is 12.3 Å². The van der Waals surface area contributed by atoms with Gasteiger partial charge in [0.15, 0.2) is 0 Å². The fourth-order valence-corrected chi connectivity index (χ4v) is 2.48. The van der Waals surface area contributed by atoms with Crippen molar-refractivity contribution in [3.05, 3.63) is 0 Å². The molecule has 0 saturated carbocycles. The molecule has 0 unspecified atom stereocenters. The van der Waals surface area contributed by atoms with Gasteiger partial charge in [0.05, 0.1) is 6.54 Å². The summed E-state index contributed by atoms with van der Waals surface area (Å²) in [5.41, 5.74) is 0. The van der Waals surface area contributed by atoms with Crippen molar-refractivity contribution < 1.29 is 24.9 Å². The molecule has 2 aliphatic rings. The average Bonchev–Trinajstić information content (AvgIpc) is 2.53. The lowest BCUT2D eigenvalue weighted by molar-refractivity contribution is -0.124. The van der Waals surface area contributed by atoms with Crippen LogP contribution in [0, 0.1) is 0 Å². The molecule has 2 fully saturated rings. The monoisotopic (exact) mass is 251 g/mol. The van der Waals surface area contributed by atoms with Gasteiger partial charge in [0.25, 0.3) is 0 Å². The van der Waals surface area contributed by atoms with E-state index >= 15 is 0 Å². The van der Waals surface area contributed by atoms with Gasteiger partial charge in [-0.25, -0.2) is 4.79 Å². The average molecular weight is 252 g/mol. The fourth-order valence-electron chi connectivity index (χ4n) is 2.27. The van der Waals surface area contributed by atoms with Crippen LogP contribution in [0.25, 0.3) is 0 Å². The van der Waals surface area contributed by atoms with Gasteiger partial charge in [0.2, 0.25) is 0 Å². The Balaban J connectivity index is 2.18. The molecular formula is C9H14ClNO5. The lowest BCUT2D eigenvalue weighted by atomic mass is 9.90. The van der Waals surface area contributed by atoms with Crippen molar-refractivity contribution in [2.75, 3.05) is 12.4 Å². The highest BCUT2D eigenvalue weighted by atomic mass is 35.5. The molecule has 7 heteroatoms. The number of carbonyl (C=O) groups excluding carboxylic acids is 1. The van der Waals surface area contributed by atoms with Crippen molar-refractivity contribution in [1.29, 1.82) is 0 Å². The van der Waals surface area contributed by atoms with Crippen molar-refractivity contribution in [1.82, 2.24) is 4.90 Å². The van der Waals surface area contributed by atoms with E-state index in [1.807, 2.05) is 0 Å². The molecule has 2 saturated heterocycles. The van der Waals surface area contributed by atoms with Crippen molar-refractivity contribution in [3.63, 3.8) is 0 Å². The maximum Gasteiger partial charge on any atom is 0.410 e. The molecule has 16 heavy (non-hydrogen) atoms. The predicted molar refractivity (Wildman–Crippen MR) is 54.1 cm³/mol. The Hall–Kier alpha value is -0.560. The summed E-state index contributed by atoms with van der Waals surface area (Å²) >= 11 is 5.57. The number of alkyl halides is 1. The number of ether oxygens (including phenoxy) is 1. The smallest absolute Gasteiger partial charge is 0.410 e. The van der Waals surface area contributed by atoms with E-state index in [1.54, 1.807) is 0 Å². The van der Waals surface area contributed by atoms with Crippen LogP contribution in [0.1, 0.15) is 6.42 Å². The third-order valence-electron chi connectivity index (χ3n) is 3.10. The number of fused-ring (bicyclic) bond motifs is 1. The van der Waals surface area contributed by atoms with Crippen LogP contribution >= 0.6 is 11.6 Å². The van der Waals surface area contributed by atoms with E-state index in [1.165, 1.54) is 4.90 Å². The Morgan fingerprint density at radius 3 is 2.69 bits per heavy atom. The SMILES string of the molecule is O=C1O[C@@H](CCCl)[C@@H]2[C@@H](O)[C@H](O)[C@@H](O)CN12. The number of halogens is 1. The topological polar surface area (TPSA) is 90.2 Å². The fraction of sp³-hybridized carbons (Fsp3) is 0.889. The lowest BCUT2D eigenvalue weighted by Crippen LogP contribution is -2.61. The van der Waals surface area contributed by atoms with Crippen LogP contribution in [0.3, 0.4) is 0 Å². The van der Waals surface area contributed by atoms with Gasteiger partial charge in [0.1, 0.15) is 30.5 Å². The Labute approximate surface area is 97.4 Å². The number of aliphatic hydroxyl groups excluding tert-OH is 3. The molecule has 0 bridgehead atoms. The molecule has 3 N–H and O–H groups in total. The van der Waals surface area contributed by atoms with Crippen molar-refractivity contribution in [2.45, 2.75) is 36.9 Å². The zero-order valence-corrected chi connectivity index (χ0v) is 9.25. The zero-order chi connectivity index (χ0) is 11.9. The van der Waals surface area contributed by atoms with Gasteiger partial charge < -0.3 is 20.1 Å². The highest BCUT2D eigenvalue weighted by Crippen LogP contribution is 2.30. The van der Waals surface area contributed by atoms with Crippen molar-refractivity contribution in [3.8, 4) is 0 Å². The third-order valence-corrected chi connectivity index (χ3v) is 3.32. The van der Waals surface area contributed by atoms with Gasteiger partial charge in [-0.3, -0.25) is 4.90 Å². The van der Waals surface area contributed by atoms with Crippen LogP contribution < -0.4 is 0 Å². The van der Waals surface area contributed by atoms with Gasteiger partial charge in [-0.15, -0.1) is 11.6 Å². The van der Waals surface area contributed by atoms with Crippen LogP contribution in [0.5, 0.6) is 0 Å². The van der Waals surface area contributed by atoms with Crippen LogP contribution in [0.15, 0.2) is 0 Å². The molecular weight excluding hydrogens is 238 g/mol. The number of hydrogen-bond acceptors (Lipinski definition) is 5. The molecule has 0 aromatic rings. The number of rotatable bonds is 2. The molecule has 6 nitrogen and oxygen atoms in total. The van der Waals surface area contributed by atoms with E-state index in [2.05, 4.69) is 0 Å². The normalized spacial score (nSPS) is 43.1. The summed E-state index contributed by atoms with van der Waals surface area (Å²) in [6.45, 7) is -0.0273. The number of aliphatic hydroxyl groups is 3. The summed E-state index contributed by atoms with van der Waals surface area (Å²) in [4.78, 5) is 12.7. The number of cyclic esters (lactones) is 1. The summed E-state index contributed by atoms with van der Waals surface area (Å²) in [5, 5.41) is 28.8. The minimum absolute atomic E-state index is 0.0273. The second kappa shape index (κ2) is 4.37. The largest absolute Gasteiger partial charge is 0.444 e. The number of amides is 1. The second-order valence-corrected chi connectivity index (χ2v) is 4.47. The first-order valence-corrected chi connectivity index (χ1v) is 5.67. The molecule has 0 aliphatic carbocycles. The highest BCUT2D eigenvalue weighted by Gasteiger charge is 2.52. The maximum atomic E-state index is 11.4.